The number of aromatic nitrogens is 1. The molecule has 1 aromatic heterocycles. The first-order chi connectivity index (χ1) is 10.3. The summed E-state index contributed by atoms with van der Waals surface area (Å²) >= 11 is 0. The van der Waals surface area contributed by atoms with Crippen LogP contribution in [-0.2, 0) is 0 Å². The lowest BCUT2D eigenvalue weighted by Gasteiger charge is -2.13. The summed E-state index contributed by atoms with van der Waals surface area (Å²) < 4.78 is 0. The van der Waals surface area contributed by atoms with Crippen molar-refractivity contribution in [1.82, 2.24) is 4.98 Å². The van der Waals surface area contributed by atoms with Crippen molar-refractivity contribution < 1.29 is 0 Å². The molecule has 3 rings (SSSR count). The lowest BCUT2D eigenvalue weighted by molar-refractivity contribution is 1.40. The highest BCUT2D eigenvalue weighted by molar-refractivity contribution is 6.00. The molecule has 0 atom stereocenters. The monoisotopic (exact) mass is 272 g/mol. The molecule has 1 heterocycles. The fourth-order valence-corrected chi connectivity index (χ4v) is 2.45. The summed E-state index contributed by atoms with van der Waals surface area (Å²) in [6.45, 7) is 7.79. The second-order valence-corrected chi connectivity index (χ2v) is 4.73. The molecule has 0 saturated heterocycles. The number of para-hydroxylation sites is 1. The van der Waals surface area contributed by atoms with E-state index in [9.17, 15) is 0 Å². The highest BCUT2D eigenvalue weighted by atomic mass is 14.9. The van der Waals surface area contributed by atoms with Gasteiger partial charge >= 0.3 is 0 Å². The second-order valence-electron chi connectivity index (χ2n) is 4.73. The Morgan fingerprint density at radius 3 is 2.48 bits per heavy atom. The van der Waals surface area contributed by atoms with E-state index in [1.807, 2.05) is 48.6 Å². The van der Waals surface area contributed by atoms with Gasteiger partial charge in [0.2, 0.25) is 0 Å². The van der Waals surface area contributed by atoms with Crippen LogP contribution < -0.4 is 5.32 Å². The molecule has 0 saturated carbocycles. The Hall–Kier alpha value is -2.87. The van der Waals surface area contributed by atoms with Crippen molar-refractivity contribution >= 4 is 34.4 Å². The average molecular weight is 272 g/mol. The Kier molecular flexibility index (Phi) is 3.52. The molecule has 0 radical (unpaired) electrons. The minimum atomic E-state index is 0.934. The second kappa shape index (κ2) is 5.63. The number of nitrogens with one attached hydrogen (secondary N) is 1. The van der Waals surface area contributed by atoms with Crippen LogP contribution >= 0.6 is 0 Å². The van der Waals surface area contributed by atoms with E-state index in [1.54, 1.807) is 6.20 Å². The molecule has 3 aromatic rings. The van der Waals surface area contributed by atoms with E-state index < -0.39 is 0 Å². The summed E-state index contributed by atoms with van der Waals surface area (Å²) in [4.78, 5) is 4.50. The highest BCUT2D eigenvalue weighted by Gasteiger charge is 2.09. The van der Waals surface area contributed by atoms with Gasteiger partial charge < -0.3 is 5.32 Å². The van der Waals surface area contributed by atoms with Crippen molar-refractivity contribution in [2.24, 2.45) is 0 Å². The first kappa shape index (κ1) is 13.1. The normalized spacial score (nSPS) is 10.3. The van der Waals surface area contributed by atoms with Gasteiger partial charge in [-0.05, 0) is 35.9 Å². The molecule has 102 valence electrons. The molecular weight excluding hydrogens is 256 g/mol. The minimum Gasteiger partial charge on any atom is -0.355 e. The van der Waals surface area contributed by atoms with Gasteiger partial charge in [-0.1, -0.05) is 43.5 Å². The molecular formula is C19H16N2. The molecule has 2 heteroatoms. The van der Waals surface area contributed by atoms with Crippen LogP contribution in [0.4, 0.5) is 11.4 Å². The molecule has 0 aliphatic rings. The first-order valence-corrected chi connectivity index (χ1v) is 6.82. The summed E-state index contributed by atoms with van der Waals surface area (Å²) in [5.41, 5.74) is 5.03. The van der Waals surface area contributed by atoms with Crippen molar-refractivity contribution in [3.8, 4) is 0 Å². The van der Waals surface area contributed by atoms with E-state index >= 15 is 0 Å². The maximum atomic E-state index is 4.50. The zero-order valence-corrected chi connectivity index (χ0v) is 11.7. The van der Waals surface area contributed by atoms with Gasteiger partial charge in [0.15, 0.2) is 0 Å². The van der Waals surface area contributed by atoms with Gasteiger partial charge in [0.25, 0.3) is 0 Å². The fraction of sp³-hybridized carbons (Fsp3) is 0. The van der Waals surface area contributed by atoms with Crippen LogP contribution in [0.3, 0.4) is 0 Å². The third-order valence-corrected chi connectivity index (χ3v) is 3.44. The van der Waals surface area contributed by atoms with Crippen LogP contribution in [0, 0.1) is 0 Å². The van der Waals surface area contributed by atoms with Crippen molar-refractivity contribution in [1.29, 1.82) is 0 Å². The fourth-order valence-electron chi connectivity index (χ4n) is 2.45. The summed E-state index contributed by atoms with van der Waals surface area (Å²) in [5.74, 6) is 0. The number of benzene rings is 2. The standard InChI is InChI=1S/C19H16N2/c1-3-14-13-18(21-15-9-6-5-7-10-15)17-11-8-12-20-19(17)16(14)4-2/h3-13,21H,1-2H2. The SMILES string of the molecule is C=Cc1cc(Nc2ccccc2)c2cccnc2c1C=C. The Bertz CT molecular complexity index is 804. The van der Waals surface area contributed by atoms with Gasteiger partial charge in [0.1, 0.15) is 0 Å². The predicted octanol–water partition coefficient (Wildman–Crippen LogP) is 5.26. The number of hydrogen-bond donors (Lipinski definition) is 1. The average Bonchev–Trinajstić information content (AvgIpc) is 2.55. The quantitative estimate of drug-likeness (QED) is 0.700. The van der Waals surface area contributed by atoms with Crippen molar-refractivity contribution in [2.75, 3.05) is 5.32 Å². The summed E-state index contributed by atoms with van der Waals surface area (Å²) in [6, 6.07) is 16.2. The molecule has 0 fully saturated rings. The number of nitrogens with zero attached hydrogens (tertiary/aromatic N) is 1. The Morgan fingerprint density at radius 1 is 0.952 bits per heavy atom. The molecule has 2 nitrogen and oxygen atoms in total. The molecule has 21 heavy (non-hydrogen) atoms. The maximum Gasteiger partial charge on any atom is 0.0800 e. The Balaban J connectivity index is 2.23. The molecule has 0 spiro atoms. The van der Waals surface area contributed by atoms with Gasteiger partial charge in [-0.3, -0.25) is 4.98 Å². The van der Waals surface area contributed by atoms with Gasteiger partial charge in [0.05, 0.1) is 5.52 Å². The van der Waals surface area contributed by atoms with E-state index in [0.29, 0.717) is 0 Å². The Labute approximate surface area is 124 Å². The summed E-state index contributed by atoms with van der Waals surface area (Å²) in [7, 11) is 0. The van der Waals surface area contributed by atoms with Crippen LogP contribution in [0.25, 0.3) is 23.1 Å². The van der Waals surface area contributed by atoms with Gasteiger partial charge in [-0.25, -0.2) is 0 Å². The van der Waals surface area contributed by atoms with E-state index in [0.717, 1.165) is 33.4 Å². The van der Waals surface area contributed by atoms with E-state index in [2.05, 4.69) is 35.6 Å². The zero-order chi connectivity index (χ0) is 14.7. The lowest BCUT2D eigenvalue weighted by atomic mass is 10.0. The van der Waals surface area contributed by atoms with Crippen LogP contribution in [0.5, 0.6) is 0 Å². The van der Waals surface area contributed by atoms with Crippen LogP contribution in [-0.4, -0.2) is 4.98 Å². The topological polar surface area (TPSA) is 24.9 Å². The predicted molar refractivity (Wildman–Crippen MR) is 91.6 cm³/mol. The van der Waals surface area contributed by atoms with Crippen LogP contribution in [0.1, 0.15) is 11.1 Å². The maximum absolute atomic E-state index is 4.50. The summed E-state index contributed by atoms with van der Waals surface area (Å²) in [5, 5.41) is 4.52. The first-order valence-electron chi connectivity index (χ1n) is 6.82. The minimum absolute atomic E-state index is 0.934. The molecule has 0 amide bonds. The van der Waals surface area contributed by atoms with Crippen molar-refractivity contribution in [3.63, 3.8) is 0 Å². The number of pyridine rings is 1. The molecule has 2 aromatic carbocycles. The molecule has 1 N–H and O–H groups in total. The molecule has 0 unspecified atom stereocenters. The Morgan fingerprint density at radius 2 is 1.76 bits per heavy atom. The van der Waals surface area contributed by atoms with Gasteiger partial charge in [-0.15, -0.1) is 0 Å². The largest absolute Gasteiger partial charge is 0.355 e. The van der Waals surface area contributed by atoms with Crippen molar-refractivity contribution in [2.45, 2.75) is 0 Å². The van der Waals surface area contributed by atoms with Gasteiger partial charge in [0, 0.05) is 28.5 Å². The molecule has 0 aliphatic heterocycles. The molecule has 0 bridgehead atoms. The number of fused-ring (bicyclic) bond motifs is 1. The lowest BCUT2D eigenvalue weighted by Crippen LogP contribution is -1.95. The van der Waals surface area contributed by atoms with E-state index in [4.69, 9.17) is 0 Å². The number of hydrogen-bond acceptors (Lipinski definition) is 2. The highest BCUT2D eigenvalue weighted by Crippen LogP contribution is 2.31. The zero-order valence-electron chi connectivity index (χ0n) is 11.7. The number of anilines is 2. The third-order valence-electron chi connectivity index (χ3n) is 3.44. The van der Waals surface area contributed by atoms with Gasteiger partial charge in [-0.2, -0.15) is 0 Å². The van der Waals surface area contributed by atoms with Crippen LogP contribution in [0.15, 0.2) is 67.9 Å². The third kappa shape index (κ3) is 2.43. The smallest absolute Gasteiger partial charge is 0.0800 e. The van der Waals surface area contributed by atoms with E-state index in [1.165, 1.54) is 0 Å². The van der Waals surface area contributed by atoms with Crippen LogP contribution in [0.2, 0.25) is 0 Å². The molecule has 0 aliphatic carbocycles. The summed E-state index contributed by atoms with van der Waals surface area (Å²) in [6.07, 6.45) is 5.47. The van der Waals surface area contributed by atoms with Crippen molar-refractivity contribution in [3.05, 3.63) is 79.0 Å². The number of rotatable bonds is 4. The van der Waals surface area contributed by atoms with E-state index in [-0.39, 0.29) is 0 Å².